The molecule has 0 fully saturated rings. The van der Waals surface area contributed by atoms with Crippen LogP contribution in [0.1, 0.15) is 194 Å². The minimum absolute atomic E-state index is 0.0445. The summed E-state index contributed by atoms with van der Waals surface area (Å²) in [5.74, 6) is -0.387. The molecule has 0 saturated carbocycles. The van der Waals surface area contributed by atoms with Crippen molar-refractivity contribution in [2.45, 2.75) is 206 Å². The zero-order chi connectivity index (χ0) is 39.6. The van der Waals surface area contributed by atoms with Crippen molar-refractivity contribution in [1.82, 2.24) is 0 Å². The van der Waals surface area contributed by atoms with Crippen molar-refractivity contribution in [1.29, 1.82) is 0 Å². The van der Waals surface area contributed by atoms with Gasteiger partial charge in [0, 0.05) is 13.0 Å². The molecular formula is C44H83O9P. The van der Waals surface area contributed by atoms with Gasteiger partial charge in [0.1, 0.15) is 12.2 Å². The number of unbranched alkanes of at least 4 members (excludes halogenated alkanes) is 22. The number of carbonyl (C=O) groups excluding carboxylic acids is 1. The molecule has 0 aliphatic rings. The lowest BCUT2D eigenvalue weighted by Crippen LogP contribution is -2.29. The number of hydrogen-bond acceptors (Lipinski definition) is 8. The van der Waals surface area contributed by atoms with Gasteiger partial charge in [-0.2, -0.15) is 0 Å². The highest BCUT2D eigenvalue weighted by molar-refractivity contribution is 7.47. The topological polar surface area (TPSA) is 132 Å². The standard InChI is InChI=1S/C44H83O9P/c1-3-5-7-9-11-13-15-16-17-18-19-20-21-22-23-24-25-27-29-31-33-35-37-50-40-43(41-52-54(48,49)51-39-42(46)38-45)53-44(47)36-34-32-30-28-26-14-12-10-8-6-4-2/h15-16,18-19,21-22,42-43,45-46H,3-14,17,20,23-41H2,1-2H3,(H,48,49)/b16-15-,19-18-,22-21-. The highest BCUT2D eigenvalue weighted by Crippen LogP contribution is 2.43. The molecule has 0 aliphatic heterocycles. The molecule has 0 heterocycles. The van der Waals surface area contributed by atoms with Crippen molar-refractivity contribution >= 4 is 13.8 Å². The molecule has 0 spiro atoms. The van der Waals surface area contributed by atoms with Gasteiger partial charge in [-0.15, -0.1) is 0 Å². The van der Waals surface area contributed by atoms with Crippen molar-refractivity contribution in [3.8, 4) is 0 Å². The third-order valence-electron chi connectivity index (χ3n) is 9.33. The van der Waals surface area contributed by atoms with Crippen molar-refractivity contribution in [2.75, 3.05) is 33.0 Å². The summed E-state index contributed by atoms with van der Waals surface area (Å²) in [6.45, 7) is 3.48. The molecule has 0 aromatic rings. The van der Waals surface area contributed by atoms with Crippen LogP contribution in [0.3, 0.4) is 0 Å². The van der Waals surface area contributed by atoms with Crippen LogP contribution >= 0.6 is 7.82 Å². The smallest absolute Gasteiger partial charge is 0.457 e. The van der Waals surface area contributed by atoms with E-state index in [0.29, 0.717) is 6.61 Å². The van der Waals surface area contributed by atoms with Gasteiger partial charge in [-0.1, -0.05) is 172 Å². The van der Waals surface area contributed by atoms with Crippen LogP contribution in [0.4, 0.5) is 0 Å². The van der Waals surface area contributed by atoms with E-state index in [2.05, 4.69) is 50.3 Å². The summed E-state index contributed by atoms with van der Waals surface area (Å²) < 4.78 is 33.3. The molecule has 0 rings (SSSR count). The van der Waals surface area contributed by atoms with Crippen molar-refractivity contribution in [3.05, 3.63) is 36.5 Å². The van der Waals surface area contributed by atoms with Crippen LogP contribution in [-0.4, -0.2) is 66.3 Å². The van der Waals surface area contributed by atoms with Crippen LogP contribution < -0.4 is 0 Å². The monoisotopic (exact) mass is 787 g/mol. The first-order valence-electron chi connectivity index (χ1n) is 22.0. The predicted octanol–water partition coefficient (Wildman–Crippen LogP) is 12.0. The molecule has 0 aromatic heterocycles. The number of carbonyl (C=O) groups is 1. The second-order valence-corrected chi connectivity index (χ2v) is 16.2. The Kier molecular flexibility index (Phi) is 40.3. The van der Waals surface area contributed by atoms with Gasteiger partial charge in [0.2, 0.25) is 0 Å². The number of hydrogen-bond donors (Lipinski definition) is 3. The minimum atomic E-state index is -4.51. The lowest BCUT2D eigenvalue weighted by atomic mass is 10.1. The number of phosphoric acid groups is 1. The third-order valence-corrected chi connectivity index (χ3v) is 10.3. The van der Waals surface area contributed by atoms with E-state index in [1.165, 1.54) is 116 Å². The minimum Gasteiger partial charge on any atom is -0.457 e. The lowest BCUT2D eigenvalue weighted by Gasteiger charge is -2.20. The Morgan fingerprint density at radius 3 is 1.50 bits per heavy atom. The highest BCUT2D eigenvalue weighted by Gasteiger charge is 2.26. The average molecular weight is 787 g/mol. The first-order valence-corrected chi connectivity index (χ1v) is 23.5. The summed E-state index contributed by atoms with van der Waals surface area (Å²) in [5.41, 5.74) is 0. The fourth-order valence-corrected chi connectivity index (χ4v) is 6.74. The van der Waals surface area contributed by atoms with E-state index in [1.807, 2.05) is 0 Å². The Morgan fingerprint density at radius 1 is 0.574 bits per heavy atom. The third kappa shape index (κ3) is 40.3. The van der Waals surface area contributed by atoms with E-state index >= 15 is 0 Å². The van der Waals surface area contributed by atoms with E-state index in [4.69, 9.17) is 23.6 Å². The van der Waals surface area contributed by atoms with Gasteiger partial charge in [-0.25, -0.2) is 4.57 Å². The summed E-state index contributed by atoms with van der Waals surface area (Å²) >= 11 is 0. The molecule has 0 radical (unpaired) electrons. The molecular weight excluding hydrogens is 703 g/mol. The second kappa shape index (κ2) is 41.3. The largest absolute Gasteiger partial charge is 0.472 e. The molecule has 0 saturated heterocycles. The highest BCUT2D eigenvalue weighted by atomic mass is 31.2. The molecule has 9 nitrogen and oxygen atoms in total. The van der Waals surface area contributed by atoms with Crippen molar-refractivity contribution in [3.63, 3.8) is 0 Å². The van der Waals surface area contributed by atoms with Gasteiger partial charge in [0.25, 0.3) is 0 Å². The Hall–Kier alpha value is -1.32. The van der Waals surface area contributed by atoms with Gasteiger partial charge in [-0.3, -0.25) is 13.8 Å². The van der Waals surface area contributed by atoms with Crippen LogP contribution in [0.5, 0.6) is 0 Å². The maximum Gasteiger partial charge on any atom is 0.472 e. The molecule has 54 heavy (non-hydrogen) atoms. The lowest BCUT2D eigenvalue weighted by molar-refractivity contribution is -0.154. The average Bonchev–Trinajstić information content (AvgIpc) is 3.16. The zero-order valence-corrected chi connectivity index (χ0v) is 35.6. The first-order chi connectivity index (χ1) is 26.3. The number of allylic oxidation sites excluding steroid dienone is 6. The SMILES string of the molecule is CCCCCCC/C=C\C/C=C\C/C=C\CCCCCCCCCOCC(COP(=O)(O)OCC(O)CO)OC(=O)CCCCCCCCCCCCC. The number of aliphatic hydroxyl groups is 2. The normalized spacial score (nSPS) is 14.4. The number of phosphoric ester groups is 1. The van der Waals surface area contributed by atoms with Crippen LogP contribution in [0.25, 0.3) is 0 Å². The molecule has 0 amide bonds. The van der Waals surface area contributed by atoms with Crippen molar-refractivity contribution in [2.24, 2.45) is 0 Å². The van der Waals surface area contributed by atoms with Gasteiger partial charge in [0.05, 0.1) is 26.4 Å². The zero-order valence-electron chi connectivity index (χ0n) is 34.7. The number of esters is 1. The van der Waals surface area contributed by atoms with E-state index in [0.717, 1.165) is 57.8 Å². The van der Waals surface area contributed by atoms with Gasteiger partial charge < -0.3 is 24.6 Å². The first kappa shape index (κ1) is 52.7. The van der Waals surface area contributed by atoms with Crippen LogP contribution in [0.2, 0.25) is 0 Å². The van der Waals surface area contributed by atoms with E-state index in [9.17, 15) is 19.4 Å². The second-order valence-electron chi connectivity index (χ2n) is 14.7. The molecule has 0 aromatic carbocycles. The predicted molar refractivity (Wildman–Crippen MR) is 224 cm³/mol. The summed E-state index contributed by atoms with van der Waals surface area (Å²) in [6, 6.07) is 0. The molecule has 0 bridgehead atoms. The Bertz CT molecular complexity index is 939. The number of aliphatic hydroxyl groups excluding tert-OH is 2. The summed E-state index contributed by atoms with van der Waals surface area (Å²) in [6.07, 6.45) is 43.9. The maximum absolute atomic E-state index is 12.6. The van der Waals surface area contributed by atoms with E-state index in [-0.39, 0.29) is 25.6 Å². The molecule has 3 atom stereocenters. The van der Waals surface area contributed by atoms with Crippen LogP contribution in [0, 0.1) is 0 Å². The fraction of sp³-hybridized carbons (Fsp3) is 0.841. The molecule has 3 N–H and O–H groups in total. The van der Waals surface area contributed by atoms with Gasteiger partial charge >= 0.3 is 13.8 Å². The van der Waals surface area contributed by atoms with Crippen LogP contribution in [-0.2, 0) is 27.9 Å². The van der Waals surface area contributed by atoms with Gasteiger partial charge in [-0.05, 0) is 51.4 Å². The number of rotatable bonds is 42. The summed E-state index contributed by atoms with van der Waals surface area (Å²) in [7, 11) is -4.51. The molecule has 3 unspecified atom stereocenters. The molecule has 0 aliphatic carbocycles. The van der Waals surface area contributed by atoms with Crippen LogP contribution in [0.15, 0.2) is 36.5 Å². The quantitative estimate of drug-likeness (QED) is 0.0239. The molecule has 10 heteroatoms. The molecule has 318 valence electrons. The fourth-order valence-electron chi connectivity index (χ4n) is 5.95. The van der Waals surface area contributed by atoms with Gasteiger partial charge in [0.15, 0.2) is 0 Å². The Morgan fingerprint density at radius 2 is 1.00 bits per heavy atom. The maximum atomic E-state index is 12.6. The van der Waals surface area contributed by atoms with Crippen molar-refractivity contribution < 1.29 is 43.0 Å². The Labute approximate surface area is 331 Å². The number of ether oxygens (including phenoxy) is 2. The Balaban J connectivity index is 4.12. The van der Waals surface area contributed by atoms with E-state index < -0.39 is 33.2 Å². The summed E-state index contributed by atoms with van der Waals surface area (Å²) in [4.78, 5) is 22.5. The van der Waals surface area contributed by atoms with E-state index in [1.54, 1.807) is 0 Å². The summed E-state index contributed by atoms with van der Waals surface area (Å²) in [5, 5.41) is 18.3.